The second-order valence-corrected chi connectivity index (χ2v) is 9.74. The van der Waals surface area contributed by atoms with Crippen molar-refractivity contribution in [3.63, 3.8) is 0 Å². The van der Waals surface area contributed by atoms with Crippen LogP contribution in [0, 0.1) is 5.82 Å². The number of hydrogen-bond acceptors (Lipinski definition) is 7. The Kier molecular flexibility index (Phi) is 6.99. The number of sulfonamides is 1. The van der Waals surface area contributed by atoms with Gasteiger partial charge < -0.3 is 9.47 Å². The number of amides is 1. The molecular formula is C24H20FN3O5S2. The summed E-state index contributed by atoms with van der Waals surface area (Å²) >= 11 is 1.26. The summed E-state index contributed by atoms with van der Waals surface area (Å²) < 4.78 is 51.0. The average Bonchev–Trinajstić information content (AvgIpc) is 3.32. The number of nitrogens with one attached hydrogen (secondary N) is 2. The summed E-state index contributed by atoms with van der Waals surface area (Å²) in [5, 5.41) is 4.93. The monoisotopic (exact) mass is 513 g/mol. The molecule has 0 spiro atoms. The molecule has 1 aromatic heterocycles. The van der Waals surface area contributed by atoms with Crippen LogP contribution in [0.25, 0.3) is 11.3 Å². The predicted molar refractivity (Wildman–Crippen MR) is 132 cm³/mol. The Morgan fingerprint density at radius 1 is 0.971 bits per heavy atom. The van der Waals surface area contributed by atoms with Crippen molar-refractivity contribution in [3.05, 3.63) is 83.5 Å². The van der Waals surface area contributed by atoms with Gasteiger partial charge in [-0.05, 0) is 60.7 Å². The van der Waals surface area contributed by atoms with E-state index in [1.165, 1.54) is 47.7 Å². The number of thiazole rings is 1. The van der Waals surface area contributed by atoms with Gasteiger partial charge in [0.1, 0.15) is 17.3 Å². The third-order valence-corrected chi connectivity index (χ3v) is 7.09. The molecular weight excluding hydrogens is 493 g/mol. The molecule has 0 saturated heterocycles. The molecule has 3 aromatic carbocycles. The van der Waals surface area contributed by atoms with Crippen molar-refractivity contribution in [2.75, 3.05) is 24.3 Å². The summed E-state index contributed by atoms with van der Waals surface area (Å²) in [5.41, 5.74) is 1.96. The summed E-state index contributed by atoms with van der Waals surface area (Å²) in [6, 6.07) is 15.7. The molecule has 0 fully saturated rings. The number of benzene rings is 3. The lowest BCUT2D eigenvalue weighted by Gasteiger charge is -2.09. The van der Waals surface area contributed by atoms with Crippen molar-refractivity contribution >= 4 is 38.1 Å². The van der Waals surface area contributed by atoms with Crippen molar-refractivity contribution in [1.29, 1.82) is 0 Å². The van der Waals surface area contributed by atoms with Gasteiger partial charge in [-0.1, -0.05) is 0 Å². The standard InChI is InChI=1S/C24H20FN3O5S2/c1-32-18-9-12-20(22(13-18)33-2)21-14-34-24(26-21)27-23(29)15-3-7-17(8-4-15)28-35(30,31)19-10-5-16(25)6-11-19/h3-14,28H,1-2H3,(H,26,27,29). The Morgan fingerprint density at radius 3 is 2.34 bits per heavy atom. The van der Waals surface area contributed by atoms with Crippen molar-refractivity contribution in [3.8, 4) is 22.8 Å². The van der Waals surface area contributed by atoms with Crippen LogP contribution in [0.3, 0.4) is 0 Å². The van der Waals surface area contributed by atoms with Crippen LogP contribution in [-0.4, -0.2) is 33.5 Å². The molecule has 0 atom stereocenters. The van der Waals surface area contributed by atoms with E-state index in [9.17, 15) is 17.6 Å². The summed E-state index contributed by atoms with van der Waals surface area (Å²) in [6.07, 6.45) is 0. The number of hydrogen-bond donors (Lipinski definition) is 2. The third-order valence-electron chi connectivity index (χ3n) is 4.93. The maximum atomic E-state index is 13.1. The van der Waals surface area contributed by atoms with E-state index < -0.39 is 21.7 Å². The number of carbonyl (C=O) groups is 1. The van der Waals surface area contributed by atoms with Gasteiger partial charge >= 0.3 is 0 Å². The van der Waals surface area contributed by atoms with Gasteiger partial charge in [0.25, 0.3) is 15.9 Å². The molecule has 0 saturated carbocycles. The van der Waals surface area contributed by atoms with Gasteiger partial charge in [-0.2, -0.15) is 0 Å². The molecule has 0 aliphatic heterocycles. The van der Waals surface area contributed by atoms with Gasteiger partial charge in [0.05, 0.1) is 24.8 Å². The lowest BCUT2D eigenvalue weighted by atomic mass is 10.1. The molecule has 1 amide bonds. The van der Waals surface area contributed by atoms with Crippen LogP contribution < -0.4 is 19.5 Å². The minimum atomic E-state index is -3.89. The van der Waals surface area contributed by atoms with E-state index in [0.29, 0.717) is 27.9 Å². The molecule has 0 radical (unpaired) electrons. The second kappa shape index (κ2) is 10.1. The highest BCUT2D eigenvalue weighted by Gasteiger charge is 2.16. The highest BCUT2D eigenvalue weighted by Crippen LogP contribution is 2.35. The zero-order valence-electron chi connectivity index (χ0n) is 18.6. The lowest BCUT2D eigenvalue weighted by Crippen LogP contribution is -2.14. The van der Waals surface area contributed by atoms with E-state index in [-0.39, 0.29) is 10.6 Å². The first-order valence-corrected chi connectivity index (χ1v) is 12.5. The van der Waals surface area contributed by atoms with E-state index in [4.69, 9.17) is 9.47 Å². The molecule has 2 N–H and O–H groups in total. The van der Waals surface area contributed by atoms with Crippen LogP contribution in [0.15, 0.2) is 77.0 Å². The van der Waals surface area contributed by atoms with Crippen molar-refractivity contribution in [1.82, 2.24) is 4.98 Å². The number of rotatable bonds is 8. The van der Waals surface area contributed by atoms with Crippen LogP contribution in [0.2, 0.25) is 0 Å². The fraction of sp³-hybridized carbons (Fsp3) is 0.0833. The molecule has 8 nitrogen and oxygen atoms in total. The molecule has 1 heterocycles. The second-order valence-electron chi connectivity index (χ2n) is 7.20. The number of ether oxygens (including phenoxy) is 2. The van der Waals surface area contributed by atoms with E-state index in [2.05, 4.69) is 15.0 Å². The molecule has 11 heteroatoms. The van der Waals surface area contributed by atoms with E-state index in [1.54, 1.807) is 31.7 Å². The Bertz CT molecular complexity index is 1450. The quantitative estimate of drug-likeness (QED) is 0.343. The van der Waals surface area contributed by atoms with Gasteiger partial charge in [0.2, 0.25) is 0 Å². The van der Waals surface area contributed by atoms with Gasteiger partial charge in [0, 0.05) is 28.3 Å². The van der Waals surface area contributed by atoms with Crippen LogP contribution in [0.1, 0.15) is 10.4 Å². The average molecular weight is 514 g/mol. The predicted octanol–water partition coefficient (Wildman–Crippen LogP) is 5.02. The van der Waals surface area contributed by atoms with Crippen LogP contribution in [-0.2, 0) is 10.0 Å². The van der Waals surface area contributed by atoms with Gasteiger partial charge in [-0.15, -0.1) is 11.3 Å². The van der Waals surface area contributed by atoms with Crippen molar-refractivity contribution < 1.29 is 27.1 Å². The Balaban J connectivity index is 1.44. The van der Waals surface area contributed by atoms with Gasteiger partial charge in [-0.3, -0.25) is 14.8 Å². The molecule has 4 rings (SSSR count). The van der Waals surface area contributed by atoms with Crippen molar-refractivity contribution in [2.45, 2.75) is 4.90 Å². The minimum Gasteiger partial charge on any atom is -0.497 e. The summed E-state index contributed by atoms with van der Waals surface area (Å²) in [7, 11) is -0.769. The first-order valence-electron chi connectivity index (χ1n) is 10.2. The Hall–Kier alpha value is -3.96. The maximum absolute atomic E-state index is 13.1. The molecule has 180 valence electrons. The number of aromatic nitrogens is 1. The van der Waals surface area contributed by atoms with Crippen molar-refractivity contribution in [2.24, 2.45) is 0 Å². The van der Waals surface area contributed by atoms with E-state index in [0.717, 1.165) is 17.7 Å². The lowest BCUT2D eigenvalue weighted by molar-refractivity contribution is 0.102. The minimum absolute atomic E-state index is 0.0752. The Labute approximate surface area is 205 Å². The van der Waals surface area contributed by atoms with Crippen LogP contribution >= 0.6 is 11.3 Å². The van der Waals surface area contributed by atoms with E-state index >= 15 is 0 Å². The zero-order chi connectivity index (χ0) is 25.0. The maximum Gasteiger partial charge on any atom is 0.261 e. The molecule has 35 heavy (non-hydrogen) atoms. The Morgan fingerprint density at radius 2 is 1.69 bits per heavy atom. The van der Waals surface area contributed by atoms with Crippen LogP contribution in [0.5, 0.6) is 11.5 Å². The largest absolute Gasteiger partial charge is 0.497 e. The summed E-state index contributed by atoms with van der Waals surface area (Å²) in [6.45, 7) is 0. The third kappa shape index (κ3) is 5.58. The SMILES string of the molecule is COc1ccc(-c2csc(NC(=O)c3ccc(NS(=O)(=O)c4ccc(F)cc4)cc3)n2)c(OC)c1. The van der Waals surface area contributed by atoms with Gasteiger partial charge in [0.15, 0.2) is 5.13 Å². The first kappa shape index (κ1) is 24.2. The smallest absolute Gasteiger partial charge is 0.261 e. The fourth-order valence-corrected chi connectivity index (χ4v) is 4.92. The molecule has 0 bridgehead atoms. The number of halogens is 1. The molecule has 0 unspecified atom stereocenters. The van der Waals surface area contributed by atoms with E-state index in [1.807, 2.05) is 6.07 Å². The number of nitrogens with zero attached hydrogens (tertiary/aromatic N) is 1. The zero-order valence-corrected chi connectivity index (χ0v) is 20.2. The highest BCUT2D eigenvalue weighted by molar-refractivity contribution is 7.92. The first-order chi connectivity index (χ1) is 16.8. The van der Waals surface area contributed by atoms with Crippen LogP contribution in [0.4, 0.5) is 15.2 Å². The number of methoxy groups -OCH3 is 2. The number of anilines is 2. The summed E-state index contributed by atoms with van der Waals surface area (Å²) in [5.74, 6) is 0.305. The molecule has 4 aromatic rings. The molecule has 0 aliphatic rings. The number of carbonyl (C=O) groups excluding carboxylic acids is 1. The summed E-state index contributed by atoms with van der Waals surface area (Å²) in [4.78, 5) is 17.0. The topological polar surface area (TPSA) is 107 Å². The normalized spacial score (nSPS) is 11.1. The van der Waals surface area contributed by atoms with Gasteiger partial charge in [-0.25, -0.2) is 17.8 Å². The highest BCUT2D eigenvalue weighted by atomic mass is 32.2. The molecule has 0 aliphatic carbocycles. The fourth-order valence-electron chi connectivity index (χ4n) is 3.15.